The Bertz CT molecular complexity index is 1370. The molecule has 182 valence electrons. The molecule has 1 aromatic heterocycles. The van der Waals surface area contributed by atoms with Crippen LogP contribution in [0.3, 0.4) is 0 Å². The first-order valence-electron chi connectivity index (χ1n) is 12.1. The maximum atomic E-state index is 15.3. The number of rotatable bonds is 6. The van der Waals surface area contributed by atoms with Crippen LogP contribution in [-0.4, -0.2) is 26.1 Å². The number of nitrogens with zero attached hydrogens (tertiary/aromatic N) is 2. The van der Waals surface area contributed by atoms with Crippen LogP contribution in [0.1, 0.15) is 50.7 Å². The number of fused-ring (bicyclic) bond motifs is 1. The Morgan fingerprint density at radius 3 is 2.44 bits per heavy atom. The number of unbranched alkanes of at least 4 members (excludes halogenated alkanes) is 1. The average molecular weight is 485 g/mol. The fraction of sp³-hybridized carbons (Fsp3) is 0.444. The third-order valence-electron chi connectivity index (χ3n) is 6.66. The van der Waals surface area contributed by atoms with Gasteiger partial charge in [0.1, 0.15) is 10.7 Å². The number of hydrogen-bond acceptors (Lipinski definition) is 4. The fourth-order valence-electron chi connectivity index (χ4n) is 4.94. The summed E-state index contributed by atoms with van der Waals surface area (Å²) >= 11 is 0. The van der Waals surface area contributed by atoms with E-state index in [1.165, 1.54) is 12.3 Å². The molecule has 1 aliphatic heterocycles. The van der Waals surface area contributed by atoms with Crippen LogP contribution in [0.2, 0.25) is 0 Å². The highest BCUT2D eigenvalue weighted by Crippen LogP contribution is 2.30. The summed E-state index contributed by atoms with van der Waals surface area (Å²) in [5.74, 6) is -0.0156. The molecule has 3 aromatic rings. The number of hydrogen-bond donors (Lipinski definition) is 0. The average Bonchev–Trinajstić information content (AvgIpc) is 2.77. The largest absolute Gasteiger partial charge is 0.369 e. The van der Waals surface area contributed by atoms with Gasteiger partial charge in [-0.2, -0.15) is 0 Å². The highest BCUT2D eigenvalue weighted by atomic mass is 32.2. The molecule has 0 spiro atoms. The second-order valence-electron chi connectivity index (χ2n) is 9.71. The van der Waals surface area contributed by atoms with Crippen molar-refractivity contribution in [2.45, 2.75) is 69.7 Å². The van der Waals surface area contributed by atoms with Gasteiger partial charge in [0, 0.05) is 25.8 Å². The molecule has 0 amide bonds. The van der Waals surface area contributed by atoms with E-state index in [4.69, 9.17) is 0 Å². The van der Waals surface area contributed by atoms with Crippen LogP contribution in [0.15, 0.2) is 51.1 Å². The van der Waals surface area contributed by atoms with Crippen molar-refractivity contribution in [2.24, 2.45) is 5.92 Å². The molecule has 0 N–H and O–H groups in total. The maximum Gasteiger partial charge on any atom is 0.211 e. The minimum Gasteiger partial charge on any atom is -0.369 e. The van der Waals surface area contributed by atoms with E-state index in [1.54, 1.807) is 18.2 Å². The van der Waals surface area contributed by atoms with Gasteiger partial charge in [0.2, 0.25) is 15.3 Å². The predicted octanol–water partition coefficient (Wildman–Crippen LogP) is 5.63. The van der Waals surface area contributed by atoms with Crippen LogP contribution >= 0.6 is 0 Å². The molecular weight excluding hydrogens is 451 g/mol. The molecule has 0 aliphatic carbocycles. The summed E-state index contributed by atoms with van der Waals surface area (Å²) in [4.78, 5) is 15.3. The molecule has 0 radical (unpaired) electrons. The zero-order valence-corrected chi connectivity index (χ0v) is 21.2. The Balaban J connectivity index is 1.94. The summed E-state index contributed by atoms with van der Waals surface area (Å²) in [5, 5.41) is 0.105. The van der Waals surface area contributed by atoms with Crippen LogP contribution in [-0.2, 0) is 16.4 Å². The van der Waals surface area contributed by atoms with Gasteiger partial charge in [-0.25, -0.2) is 12.8 Å². The summed E-state index contributed by atoms with van der Waals surface area (Å²) in [6.07, 6.45) is 5.29. The number of anilines is 1. The minimum atomic E-state index is -4.07. The first kappa shape index (κ1) is 24.5. The monoisotopic (exact) mass is 484 g/mol. The highest BCUT2D eigenvalue weighted by Gasteiger charge is 2.26. The number of piperidine rings is 1. The topological polar surface area (TPSA) is 59.4 Å². The van der Waals surface area contributed by atoms with E-state index in [-0.39, 0.29) is 15.2 Å². The maximum absolute atomic E-state index is 15.3. The van der Waals surface area contributed by atoms with Gasteiger partial charge in [0.15, 0.2) is 0 Å². The molecule has 1 fully saturated rings. The molecule has 7 heteroatoms. The van der Waals surface area contributed by atoms with Crippen molar-refractivity contribution in [1.29, 1.82) is 0 Å². The zero-order valence-electron chi connectivity index (χ0n) is 20.4. The number of aryl methyl sites for hydroxylation is 3. The molecule has 1 saturated heterocycles. The van der Waals surface area contributed by atoms with Gasteiger partial charge in [-0.1, -0.05) is 26.3 Å². The summed E-state index contributed by atoms with van der Waals surface area (Å²) in [5.41, 5.74) is 2.01. The molecule has 2 heterocycles. The first-order chi connectivity index (χ1) is 16.1. The van der Waals surface area contributed by atoms with Crippen molar-refractivity contribution in [3.8, 4) is 0 Å². The molecule has 4 rings (SSSR count). The van der Waals surface area contributed by atoms with E-state index in [1.807, 2.05) is 29.4 Å². The minimum absolute atomic E-state index is 0.0860. The van der Waals surface area contributed by atoms with E-state index in [0.29, 0.717) is 23.7 Å². The molecule has 5 nitrogen and oxygen atoms in total. The van der Waals surface area contributed by atoms with E-state index in [2.05, 4.69) is 13.8 Å². The molecule has 0 bridgehead atoms. The lowest BCUT2D eigenvalue weighted by molar-refractivity contribution is 0.442. The summed E-state index contributed by atoms with van der Waals surface area (Å²) < 4.78 is 44.2. The third kappa shape index (κ3) is 4.63. The number of sulfone groups is 1. The van der Waals surface area contributed by atoms with Gasteiger partial charge in [-0.05, 0) is 74.4 Å². The molecule has 0 saturated carbocycles. The van der Waals surface area contributed by atoms with Crippen molar-refractivity contribution in [2.75, 3.05) is 18.0 Å². The van der Waals surface area contributed by atoms with Crippen molar-refractivity contribution < 1.29 is 12.8 Å². The smallest absolute Gasteiger partial charge is 0.211 e. The van der Waals surface area contributed by atoms with E-state index >= 15 is 4.39 Å². The summed E-state index contributed by atoms with van der Waals surface area (Å²) in [6.45, 7) is 9.94. The van der Waals surface area contributed by atoms with Crippen molar-refractivity contribution in [1.82, 2.24) is 4.57 Å². The Morgan fingerprint density at radius 1 is 1.09 bits per heavy atom. The van der Waals surface area contributed by atoms with Gasteiger partial charge < -0.3 is 9.47 Å². The van der Waals surface area contributed by atoms with Crippen LogP contribution in [0.4, 0.5) is 10.1 Å². The Morgan fingerprint density at radius 2 is 1.79 bits per heavy atom. The van der Waals surface area contributed by atoms with Crippen LogP contribution in [0, 0.1) is 25.6 Å². The molecule has 1 atom stereocenters. The quantitative estimate of drug-likeness (QED) is 0.455. The molecular formula is C27H33FN2O3S. The normalized spacial score (nSPS) is 16.9. The Hall–Kier alpha value is -2.67. The molecule has 2 aromatic carbocycles. The molecule has 1 aliphatic rings. The van der Waals surface area contributed by atoms with Gasteiger partial charge in [0.25, 0.3) is 0 Å². The lowest BCUT2D eigenvalue weighted by Crippen LogP contribution is -2.35. The number of pyridine rings is 1. The molecule has 34 heavy (non-hydrogen) atoms. The van der Waals surface area contributed by atoms with Gasteiger partial charge in [-0.15, -0.1) is 0 Å². The predicted molar refractivity (Wildman–Crippen MR) is 135 cm³/mol. The first-order valence-corrected chi connectivity index (χ1v) is 13.5. The van der Waals surface area contributed by atoms with Gasteiger partial charge in [0.05, 0.1) is 21.5 Å². The fourth-order valence-corrected chi connectivity index (χ4v) is 6.50. The number of halogens is 1. The van der Waals surface area contributed by atoms with Gasteiger partial charge >= 0.3 is 0 Å². The van der Waals surface area contributed by atoms with Crippen LogP contribution in [0.25, 0.3) is 10.9 Å². The Kier molecular flexibility index (Phi) is 6.85. The second kappa shape index (κ2) is 9.53. The van der Waals surface area contributed by atoms with Crippen molar-refractivity contribution >= 4 is 26.4 Å². The zero-order chi connectivity index (χ0) is 24.6. The highest BCUT2D eigenvalue weighted by molar-refractivity contribution is 7.91. The van der Waals surface area contributed by atoms with Crippen LogP contribution < -0.4 is 10.3 Å². The molecule has 0 unspecified atom stereocenters. The third-order valence-corrected chi connectivity index (χ3v) is 8.39. The van der Waals surface area contributed by atoms with E-state index < -0.39 is 21.1 Å². The second-order valence-corrected chi connectivity index (χ2v) is 11.6. The summed E-state index contributed by atoms with van der Waals surface area (Å²) in [7, 11) is -4.07. The number of benzene rings is 2. The standard InChI is InChI=1S/C27H33FN2O3S/c1-5-6-9-30-17-26(34(32,33)21-12-19(3)11-20(4)13-21)27(31)22-14-23(28)25(15-24(22)30)29-10-7-8-18(2)16-29/h11-15,17-18H,5-10,16H2,1-4H3/t18-/m1/s1. The van der Waals surface area contributed by atoms with Crippen molar-refractivity contribution in [3.63, 3.8) is 0 Å². The van der Waals surface area contributed by atoms with Crippen molar-refractivity contribution in [3.05, 3.63) is 63.7 Å². The van der Waals surface area contributed by atoms with E-state index in [9.17, 15) is 13.2 Å². The van der Waals surface area contributed by atoms with E-state index in [0.717, 1.165) is 49.9 Å². The number of aromatic nitrogens is 1. The van der Waals surface area contributed by atoms with Gasteiger partial charge in [-0.3, -0.25) is 4.79 Å². The Labute approximate surface area is 201 Å². The van der Waals surface area contributed by atoms with Crippen LogP contribution in [0.5, 0.6) is 0 Å². The SMILES string of the molecule is CCCCn1cc(S(=O)(=O)c2cc(C)cc(C)c2)c(=O)c2cc(F)c(N3CCC[C@@H](C)C3)cc21. The lowest BCUT2D eigenvalue weighted by Gasteiger charge is -2.33. The lowest BCUT2D eigenvalue weighted by atomic mass is 9.99. The summed E-state index contributed by atoms with van der Waals surface area (Å²) in [6, 6.07) is 7.99.